The number of carbonyl (C=O) groups excluding carboxylic acids is 2. The van der Waals surface area contributed by atoms with Crippen molar-refractivity contribution in [1.82, 2.24) is 10.7 Å². The third-order valence-electron chi connectivity index (χ3n) is 2.98. The fourth-order valence-electron chi connectivity index (χ4n) is 1.79. The van der Waals surface area contributed by atoms with Gasteiger partial charge in [0.1, 0.15) is 0 Å². The Bertz CT molecular complexity index is 585. The highest BCUT2D eigenvalue weighted by Crippen LogP contribution is 2.27. The van der Waals surface area contributed by atoms with Gasteiger partial charge in [-0.25, -0.2) is 5.43 Å². The molecule has 0 bridgehead atoms. The summed E-state index contributed by atoms with van der Waals surface area (Å²) in [5, 5.41) is 6.68. The Labute approximate surface area is 136 Å². The van der Waals surface area contributed by atoms with Crippen molar-refractivity contribution in [1.29, 1.82) is 0 Å². The number of ether oxygens (including phenoxy) is 2. The summed E-state index contributed by atoms with van der Waals surface area (Å²) in [5.41, 5.74) is 3.33. The summed E-state index contributed by atoms with van der Waals surface area (Å²) in [6.45, 7) is 4.29. The number of rotatable bonds is 8. The molecule has 0 saturated carbocycles. The molecule has 7 heteroatoms. The van der Waals surface area contributed by atoms with Gasteiger partial charge in [-0.1, -0.05) is 6.92 Å². The van der Waals surface area contributed by atoms with Crippen molar-refractivity contribution in [3.8, 4) is 11.5 Å². The van der Waals surface area contributed by atoms with Crippen LogP contribution in [0.2, 0.25) is 0 Å². The van der Waals surface area contributed by atoms with E-state index in [-0.39, 0.29) is 18.2 Å². The number of carbonyl (C=O) groups is 2. The number of hydrogen-bond donors (Lipinski definition) is 2. The quantitative estimate of drug-likeness (QED) is 0.563. The fourth-order valence-corrected chi connectivity index (χ4v) is 1.79. The maximum absolute atomic E-state index is 12.1. The van der Waals surface area contributed by atoms with Crippen LogP contribution in [0.3, 0.4) is 0 Å². The number of methoxy groups -OCH3 is 2. The molecule has 23 heavy (non-hydrogen) atoms. The maximum Gasteiger partial charge on any atom is 0.271 e. The van der Waals surface area contributed by atoms with Gasteiger partial charge in [-0.15, -0.1) is 0 Å². The Kier molecular flexibility index (Phi) is 7.59. The molecule has 0 heterocycles. The van der Waals surface area contributed by atoms with Gasteiger partial charge in [0.15, 0.2) is 11.5 Å². The molecule has 1 aromatic rings. The van der Waals surface area contributed by atoms with E-state index in [9.17, 15) is 9.59 Å². The number of nitrogens with one attached hydrogen (secondary N) is 2. The molecule has 0 spiro atoms. The maximum atomic E-state index is 12.1. The van der Waals surface area contributed by atoms with Crippen LogP contribution in [-0.2, 0) is 4.79 Å². The molecule has 0 aliphatic rings. The predicted molar refractivity (Wildman–Crippen MR) is 88.0 cm³/mol. The fraction of sp³-hybridized carbons (Fsp3) is 0.438. The second-order valence-electron chi connectivity index (χ2n) is 4.88. The zero-order valence-corrected chi connectivity index (χ0v) is 13.9. The molecule has 0 aromatic heterocycles. The van der Waals surface area contributed by atoms with E-state index >= 15 is 0 Å². The monoisotopic (exact) mass is 321 g/mol. The van der Waals surface area contributed by atoms with Gasteiger partial charge in [-0.2, -0.15) is 5.10 Å². The van der Waals surface area contributed by atoms with Crippen molar-refractivity contribution >= 4 is 17.5 Å². The topological polar surface area (TPSA) is 89.0 Å². The second-order valence-corrected chi connectivity index (χ2v) is 4.88. The summed E-state index contributed by atoms with van der Waals surface area (Å²) in [5.74, 6) is 0.490. The summed E-state index contributed by atoms with van der Waals surface area (Å²) in [7, 11) is 3.02. The van der Waals surface area contributed by atoms with Gasteiger partial charge in [-0.05, 0) is 31.5 Å². The van der Waals surface area contributed by atoms with Crippen LogP contribution in [-0.4, -0.2) is 38.3 Å². The summed E-state index contributed by atoms with van der Waals surface area (Å²) < 4.78 is 10.3. The van der Waals surface area contributed by atoms with Gasteiger partial charge in [-0.3, -0.25) is 9.59 Å². The number of benzene rings is 1. The molecule has 7 nitrogen and oxygen atoms in total. The Morgan fingerprint density at radius 2 is 1.87 bits per heavy atom. The van der Waals surface area contributed by atoms with Gasteiger partial charge < -0.3 is 14.8 Å². The SMILES string of the molecule is CCCNC(=O)CC(C)=NNC(=O)c1ccc(OC)c(OC)c1. The highest BCUT2D eigenvalue weighted by molar-refractivity contribution is 6.01. The predicted octanol–water partition coefficient (Wildman–Crippen LogP) is 1.73. The Balaban J connectivity index is 2.65. The third kappa shape index (κ3) is 5.98. The lowest BCUT2D eigenvalue weighted by Crippen LogP contribution is -2.27. The Morgan fingerprint density at radius 1 is 1.17 bits per heavy atom. The minimum Gasteiger partial charge on any atom is -0.493 e. The van der Waals surface area contributed by atoms with Crippen LogP contribution in [0.4, 0.5) is 0 Å². The van der Waals surface area contributed by atoms with Crippen molar-refractivity contribution in [2.24, 2.45) is 5.10 Å². The number of hydrazone groups is 1. The standard InChI is InChI=1S/C16H23N3O4/c1-5-8-17-15(20)9-11(2)18-19-16(21)12-6-7-13(22-3)14(10-12)23-4/h6-7,10H,5,8-9H2,1-4H3,(H,17,20)(H,19,21). The molecule has 126 valence electrons. The van der Waals surface area contributed by atoms with Crippen LogP contribution in [0.5, 0.6) is 11.5 Å². The molecule has 1 rings (SSSR count). The molecule has 0 saturated heterocycles. The molecule has 0 aliphatic carbocycles. The van der Waals surface area contributed by atoms with Crippen LogP contribution in [0, 0.1) is 0 Å². The van der Waals surface area contributed by atoms with E-state index in [1.807, 2.05) is 6.92 Å². The molecule has 0 aliphatic heterocycles. The minimum atomic E-state index is -0.390. The second kappa shape index (κ2) is 9.45. The zero-order chi connectivity index (χ0) is 17.2. The Hall–Kier alpha value is -2.57. The van der Waals surface area contributed by atoms with Gasteiger partial charge >= 0.3 is 0 Å². The summed E-state index contributed by atoms with van der Waals surface area (Å²) in [6.07, 6.45) is 1.02. The van der Waals surface area contributed by atoms with Crippen molar-refractivity contribution in [2.45, 2.75) is 26.7 Å². The van der Waals surface area contributed by atoms with E-state index in [4.69, 9.17) is 9.47 Å². The van der Waals surface area contributed by atoms with E-state index in [2.05, 4.69) is 15.8 Å². The molecule has 2 amide bonds. The smallest absolute Gasteiger partial charge is 0.271 e. The van der Waals surface area contributed by atoms with Crippen molar-refractivity contribution in [3.63, 3.8) is 0 Å². The van der Waals surface area contributed by atoms with Gasteiger partial charge in [0, 0.05) is 17.8 Å². The van der Waals surface area contributed by atoms with Gasteiger partial charge in [0.05, 0.1) is 20.6 Å². The number of hydrogen-bond acceptors (Lipinski definition) is 5. The van der Waals surface area contributed by atoms with Gasteiger partial charge in [0.25, 0.3) is 5.91 Å². The van der Waals surface area contributed by atoms with Crippen molar-refractivity contribution < 1.29 is 19.1 Å². The summed E-state index contributed by atoms with van der Waals surface area (Å²) in [6, 6.07) is 4.81. The highest BCUT2D eigenvalue weighted by atomic mass is 16.5. The molecule has 0 unspecified atom stereocenters. The van der Waals surface area contributed by atoms with Gasteiger partial charge in [0.2, 0.25) is 5.91 Å². The van der Waals surface area contributed by atoms with Crippen molar-refractivity contribution in [3.05, 3.63) is 23.8 Å². The Morgan fingerprint density at radius 3 is 2.48 bits per heavy atom. The molecular weight excluding hydrogens is 298 g/mol. The summed E-state index contributed by atoms with van der Waals surface area (Å²) in [4.78, 5) is 23.6. The van der Waals surface area contributed by atoms with E-state index in [0.29, 0.717) is 29.3 Å². The van der Waals surface area contributed by atoms with E-state index in [1.54, 1.807) is 25.1 Å². The number of nitrogens with zero attached hydrogens (tertiary/aromatic N) is 1. The zero-order valence-electron chi connectivity index (χ0n) is 13.9. The lowest BCUT2D eigenvalue weighted by Gasteiger charge is -2.09. The normalized spacial score (nSPS) is 10.9. The van der Waals surface area contributed by atoms with Crippen LogP contribution in [0.1, 0.15) is 37.0 Å². The first-order valence-corrected chi connectivity index (χ1v) is 7.34. The van der Waals surface area contributed by atoms with E-state index in [0.717, 1.165) is 6.42 Å². The summed E-state index contributed by atoms with van der Waals surface area (Å²) >= 11 is 0. The molecule has 0 fully saturated rings. The molecule has 2 N–H and O–H groups in total. The van der Waals surface area contributed by atoms with Crippen LogP contribution in [0.15, 0.2) is 23.3 Å². The molecule has 0 atom stereocenters. The minimum absolute atomic E-state index is 0.117. The van der Waals surface area contributed by atoms with Crippen LogP contribution in [0.25, 0.3) is 0 Å². The first kappa shape index (κ1) is 18.5. The molecular formula is C16H23N3O4. The lowest BCUT2D eigenvalue weighted by atomic mass is 10.2. The average Bonchev–Trinajstić information content (AvgIpc) is 2.57. The van der Waals surface area contributed by atoms with Crippen molar-refractivity contribution in [2.75, 3.05) is 20.8 Å². The number of amides is 2. The lowest BCUT2D eigenvalue weighted by molar-refractivity contribution is -0.119. The average molecular weight is 321 g/mol. The largest absolute Gasteiger partial charge is 0.493 e. The van der Waals surface area contributed by atoms with Crippen LogP contribution < -0.4 is 20.2 Å². The third-order valence-corrected chi connectivity index (χ3v) is 2.98. The first-order valence-electron chi connectivity index (χ1n) is 7.34. The molecule has 1 aromatic carbocycles. The van der Waals surface area contributed by atoms with Crippen LogP contribution >= 0.6 is 0 Å². The molecule has 0 radical (unpaired) electrons. The van der Waals surface area contributed by atoms with E-state index < -0.39 is 0 Å². The first-order chi connectivity index (χ1) is 11.0. The highest BCUT2D eigenvalue weighted by Gasteiger charge is 2.10. The van der Waals surface area contributed by atoms with E-state index in [1.165, 1.54) is 14.2 Å².